The average Bonchev–Trinajstić information content (AvgIpc) is 3.15. The van der Waals surface area contributed by atoms with E-state index >= 15 is 0 Å². The third-order valence-electron chi connectivity index (χ3n) is 8.93. The van der Waals surface area contributed by atoms with Gasteiger partial charge in [0.05, 0.1) is 11.6 Å². The molecule has 1 nitrogen and oxygen atoms in total. The molecular formula is C45H29N. The Morgan fingerprint density at radius 2 is 0.696 bits per heavy atom. The van der Waals surface area contributed by atoms with Gasteiger partial charge < -0.3 is 0 Å². The topological polar surface area (TPSA) is 23.8 Å². The summed E-state index contributed by atoms with van der Waals surface area (Å²) >= 11 is 0. The zero-order valence-electron chi connectivity index (χ0n) is 25.2. The normalized spacial score (nSPS) is 11.0. The first-order chi connectivity index (χ1) is 22.7. The lowest BCUT2D eigenvalue weighted by Crippen LogP contribution is -1.90. The maximum Gasteiger partial charge on any atom is 0.0991 e. The highest BCUT2D eigenvalue weighted by atomic mass is 14.2. The molecule has 46 heavy (non-hydrogen) atoms. The van der Waals surface area contributed by atoms with Crippen LogP contribution in [0.3, 0.4) is 0 Å². The summed E-state index contributed by atoms with van der Waals surface area (Å²) in [5.74, 6) is 0. The molecule has 0 bridgehead atoms. The van der Waals surface area contributed by atoms with E-state index in [0.29, 0.717) is 5.56 Å². The molecule has 8 aromatic carbocycles. The SMILES string of the molecule is N#Cc1ccc(-c2cc3c(-c4ccc(-c5ccccc5)cc4)cc(-c4ccc(-c5ccccc5)cc4)cc3c3ccccc23)cc1. The first-order valence-corrected chi connectivity index (χ1v) is 15.6. The molecule has 8 rings (SSSR count). The Morgan fingerprint density at radius 1 is 0.283 bits per heavy atom. The van der Waals surface area contributed by atoms with Crippen LogP contribution in [0.25, 0.3) is 77.2 Å². The van der Waals surface area contributed by atoms with Crippen LogP contribution in [0.1, 0.15) is 5.56 Å². The number of hydrogen-bond acceptors (Lipinski definition) is 1. The molecule has 0 spiro atoms. The Morgan fingerprint density at radius 3 is 1.24 bits per heavy atom. The molecule has 0 aliphatic rings. The van der Waals surface area contributed by atoms with Crippen LogP contribution in [0.2, 0.25) is 0 Å². The number of fused-ring (bicyclic) bond motifs is 3. The number of benzene rings is 8. The van der Waals surface area contributed by atoms with Gasteiger partial charge in [0.2, 0.25) is 0 Å². The molecule has 0 heterocycles. The summed E-state index contributed by atoms with van der Waals surface area (Å²) < 4.78 is 0. The third-order valence-corrected chi connectivity index (χ3v) is 8.93. The zero-order chi connectivity index (χ0) is 30.9. The van der Waals surface area contributed by atoms with E-state index in [2.05, 4.69) is 170 Å². The molecule has 0 N–H and O–H groups in total. The van der Waals surface area contributed by atoms with Gasteiger partial charge in [-0.05, 0) is 108 Å². The van der Waals surface area contributed by atoms with Crippen molar-refractivity contribution in [2.24, 2.45) is 0 Å². The Balaban J connectivity index is 1.35. The van der Waals surface area contributed by atoms with E-state index < -0.39 is 0 Å². The fraction of sp³-hybridized carbons (Fsp3) is 0. The smallest absolute Gasteiger partial charge is 0.0991 e. The molecule has 0 fully saturated rings. The summed E-state index contributed by atoms with van der Waals surface area (Å²) in [6.07, 6.45) is 0. The minimum Gasteiger partial charge on any atom is -0.192 e. The van der Waals surface area contributed by atoms with Crippen LogP contribution in [-0.4, -0.2) is 0 Å². The first kappa shape index (κ1) is 27.3. The fourth-order valence-electron chi connectivity index (χ4n) is 6.53. The second kappa shape index (κ2) is 11.7. The van der Waals surface area contributed by atoms with Gasteiger partial charge in [-0.2, -0.15) is 5.26 Å². The molecule has 1 heteroatoms. The molecule has 0 amide bonds. The van der Waals surface area contributed by atoms with Crippen molar-refractivity contribution in [3.05, 3.63) is 181 Å². The molecule has 8 aromatic rings. The number of nitriles is 1. The summed E-state index contributed by atoms with van der Waals surface area (Å²) in [4.78, 5) is 0. The molecule has 0 aromatic heterocycles. The highest BCUT2D eigenvalue weighted by molar-refractivity contribution is 6.18. The number of rotatable bonds is 5. The van der Waals surface area contributed by atoms with E-state index in [4.69, 9.17) is 0 Å². The molecule has 0 atom stereocenters. The van der Waals surface area contributed by atoms with Gasteiger partial charge in [-0.1, -0.05) is 146 Å². The number of hydrogen-bond donors (Lipinski definition) is 0. The Labute approximate surface area is 269 Å². The van der Waals surface area contributed by atoms with E-state index in [1.54, 1.807) is 0 Å². The predicted octanol–water partition coefficient (Wildman–Crippen LogP) is 12.2. The first-order valence-electron chi connectivity index (χ1n) is 15.6. The van der Waals surface area contributed by atoms with E-state index in [9.17, 15) is 5.26 Å². The minimum atomic E-state index is 0.663. The lowest BCUT2D eigenvalue weighted by molar-refractivity contribution is 1.48. The van der Waals surface area contributed by atoms with Crippen molar-refractivity contribution >= 4 is 21.5 Å². The van der Waals surface area contributed by atoms with Gasteiger partial charge >= 0.3 is 0 Å². The highest BCUT2D eigenvalue weighted by Crippen LogP contribution is 2.42. The van der Waals surface area contributed by atoms with Crippen LogP contribution in [0, 0.1) is 11.3 Å². The minimum absolute atomic E-state index is 0.663. The van der Waals surface area contributed by atoms with Crippen molar-refractivity contribution in [3.8, 4) is 61.7 Å². The summed E-state index contributed by atoms with van der Waals surface area (Å²) in [5, 5.41) is 14.2. The van der Waals surface area contributed by atoms with E-state index in [1.165, 1.54) is 66.1 Å². The average molecular weight is 584 g/mol. The second-order valence-electron chi connectivity index (χ2n) is 11.7. The van der Waals surface area contributed by atoms with E-state index in [0.717, 1.165) is 11.1 Å². The third kappa shape index (κ3) is 5.03. The summed E-state index contributed by atoms with van der Waals surface area (Å²) in [6.45, 7) is 0. The molecule has 0 unspecified atom stereocenters. The Kier molecular flexibility index (Phi) is 6.95. The summed E-state index contributed by atoms with van der Waals surface area (Å²) in [7, 11) is 0. The van der Waals surface area contributed by atoms with Crippen LogP contribution in [-0.2, 0) is 0 Å². The van der Waals surface area contributed by atoms with Crippen molar-refractivity contribution in [2.75, 3.05) is 0 Å². The van der Waals surface area contributed by atoms with Gasteiger partial charge in [0.25, 0.3) is 0 Å². The lowest BCUT2D eigenvalue weighted by atomic mass is 9.86. The van der Waals surface area contributed by atoms with Gasteiger partial charge in [0, 0.05) is 0 Å². The van der Waals surface area contributed by atoms with Crippen LogP contribution in [0.4, 0.5) is 0 Å². The molecule has 0 aliphatic carbocycles. The van der Waals surface area contributed by atoms with Crippen LogP contribution in [0.15, 0.2) is 176 Å². The zero-order valence-corrected chi connectivity index (χ0v) is 25.2. The Bertz CT molecular complexity index is 2360. The van der Waals surface area contributed by atoms with E-state index in [-0.39, 0.29) is 0 Å². The molecular weight excluding hydrogens is 555 g/mol. The van der Waals surface area contributed by atoms with Gasteiger partial charge in [0.15, 0.2) is 0 Å². The molecule has 214 valence electrons. The summed E-state index contributed by atoms with van der Waals surface area (Å²) in [6, 6.07) is 64.8. The standard InChI is InChI=1S/C45H29N/c46-30-31-15-17-37(18-16-31)43-29-45-42(38-25-23-35(24-26-38)33-11-5-2-6-12-33)27-39(28-44(45)41-14-8-7-13-40(41)43)36-21-19-34(20-22-36)32-9-3-1-4-10-32/h1-29H. The second-order valence-corrected chi connectivity index (χ2v) is 11.7. The maximum absolute atomic E-state index is 9.41. The lowest BCUT2D eigenvalue weighted by Gasteiger charge is -2.17. The molecule has 0 radical (unpaired) electrons. The van der Waals surface area contributed by atoms with Gasteiger partial charge in [-0.25, -0.2) is 0 Å². The van der Waals surface area contributed by atoms with Crippen LogP contribution < -0.4 is 0 Å². The van der Waals surface area contributed by atoms with Gasteiger partial charge in [0.1, 0.15) is 0 Å². The van der Waals surface area contributed by atoms with Crippen LogP contribution >= 0.6 is 0 Å². The number of nitrogens with zero attached hydrogens (tertiary/aromatic N) is 1. The molecule has 0 saturated heterocycles. The molecule has 0 aliphatic heterocycles. The Hall–Kier alpha value is -6.23. The monoisotopic (exact) mass is 583 g/mol. The van der Waals surface area contributed by atoms with Gasteiger partial charge in [-0.15, -0.1) is 0 Å². The van der Waals surface area contributed by atoms with Crippen molar-refractivity contribution < 1.29 is 0 Å². The maximum atomic E-state index is 9.41. The van der Waals surface area contributed by atoms with Crippen molar-refractivity contribution in [3.63, 3.8) is 0 Å². The van der Waals surface area contributed by atoms with E-state index in [1.807, 2.05) is 12.1 Å². The van der Waals surface area contributed by atoms with Crippen LogP contribution in [0.5, 0.6) is 0 Å². The highest BCUT2D eigenvalue weighted by Gasteiger charge is 2.15. The van der Waals surface area contributed by atoms with Gasteiger partial charge in [-0.3, -0.25) is 0 Å². The summed E-state index contributed by atoms with van der Waals surface area (Å²) in [5.41, 5.74) is 12.5. The largest absolute Gasteiger partial charge is 0.192 e. The fourth-order valence-corrected chi connectivity index (χ4v) is 6.53. The van der Waals surface area contributed by atoms with Crippen molar-refractivity contribution in [2.45, 2.75) is 0 Å². The van der Waals surface area contributed by atoms with Crippen molar-refractivity contribution in [1.29, 1.82) is 5.26 Å². The van der Waals surface area contributed by atoms with Crippen molar-refractivity contribution in [1.82, 2.24) is 0 Å². The predicted molar refractivity (Wildman–Crippen MR) is 193 cm³/mol. The molecule has 0 saturated carbocycles. The quantitative estimate of drug-likeness (QED) is 0.185.